The minimum absolute atomic E-state index is 0. The first-order chi connectivity index (χ1) is 13.5. The number of thiophene rings is 1. The highest BCUT2D eigenvalue weighted by molar-refractivity contribution is 14.0. The molecule has 0 spiro atoms. The first-order valence-corrected chi connectivity index (χ1v) is 10.3. The number of ether oxygens (including phenoxy) is 1. The van der Waals surface area contributed by atoms with Crippen LogP contribution in [0.25, 0.3) is 0 Å². The van der Waals surface area contributed by atoms with Gasteiger partial charge in [0.2, 0.25) is 5.91 Å². The highest BCUT2D eigenvalue weighted by Crippen LogP contribution is 2.07. The van der Waals surface area contributed by atoms with Crippen LogP contribution in [0.5, 0.6) is 0 Å². The molecule has 0 saturated carbocycles. The number of amides is 1. The van der Waals surface area contributed by atoms with Crippen molar-refractivity contribution >= 4 is 47.2 Å². The van der Waals surface area contributed by atoms with Gasteiger partial charge in [0.25, 0.3) is 0 Å². The molecule has 160 valence electrons. The van der Waals surface area contributed by atoms with E-state index >= 15 is 0 Å². The van der Waals surface area contributed by atoms with Crippen molar-refractivity contribution in [3.05, 3.63) is 58.3 Å². The van der Waals surface area contributed by atoms with Crippen LogP contribution in [0.3, 0.4) is 0 Å². The lowest BCUT2D eigenvalue weighted by Crippen LogP contribution is -2.40. The number of rotatable bonds is 10. The third kappa shape index (κ3) is 10.6. The molecule has 0 fully saturated rings. The predicted octanol–water partition coefficient (Wildman–Crippen LogP) is 3.34. The summed E-state index contributed by atoms with van der Waals surface area (Å²) in [5, 5.41) is 8.65. The summed E-state index contributed by atoms with van der Waals surface area (Å²) in [7, 11) is 3.46. The molecule has 0 bridgehead atoms. The molecule has 1 aromatic heterocycles. The number of hydrogen-bond acceptors (Lipinski definition) is 4. The van der Waals surface area contributed by atoms with E-state index < -0.39 is 0 Å². The van der Waals surface area contributed by atoms with Crippen LogP contribution in [0, 0.1) is 5.92 Å². The van der Waals surface area contributed by atoms with Crippen LogP contribution < -0.4 is 10.6 Å². The van der Waals surface area contributed by atoms with Gasteiger partial charge in [0, 0.05) is 25.5 Å². The molecule has 6 nitrogen and oxygen atoms in total. The lowest BCUT2D eigenvalue weighted by Gasteiger charge is -2.17. The molecule has 8 heteroatoms. The monoisotopic (exact) mass is 530 g/mol. The first-order valence-electron chi connectivity index (χ1n) is 9.41. The Kier molecular flexibility index (Phi) is 12.6. The number of nitrogens with one attached hydrogen (secondary N) is 2. The van der Waals surface area contributed by atoms with E-state index in [1.165, 1.54) is 10.4 Å². The van der Waals surface area contributed by atoms with Crippen molar-refractivity contribution < 1.29 is 9.53 Å². The van der Waals surface area contributed by atoms with E-state index in [-0.39, 0.29) is 36.4 Å². The zero-order valence-electron chi connectivity index (χ0n) is 17.3. The molecular weight excluding hydrogens is 499 g/mol. The van der Waals surface area contributed by atoms with Crippen molar-refractivity contribution in [2.75, 3.05) is 33.8 Å². The number of halogens is 1. The van der Waals surface area contributed by atoms with Crippen LogP contribution in [-0.2, 0) is 22.7 Å². The van der Waals surface area contributed by atoms with Gasteiger partial charge in [0.05, 0.1) is 19.8 Å². The molecule has 2 rings (SSSR count). The summed E-state index contributed by atoms with van der Waals surface area (Å²) in [5.41, 5.74) is 1.17. The summed E-state index contributed by atoms with van der Waals surface area (Å²) in [5.74, 6) is 0.914. The Hall–Kier alpha value is -1.65. The second kappa shape index (κ2) is 14.4. The van der Waals surface area contributed by atoms with E-state index in [0.29, 0.717) is 38.2 Å². The summed E-state index contributed by atoms with van der Waals surface area (Å²) in [6.45, 7) is 4.89. The van der Waals surface area contributed by atoms with Crippen molar-refractivity contribution in [2.45, 2.75) is 20.1 Å². The number of hydrogen-bond donors (Lipinski definition) is 2. The fourth-order valence-electron chi connectivity index (χ4n) is 2.33. The topological polar surface area (TPSA) is 66.0 Å². The minimum Gasteiger partial charge on any atom is -0.376 e. The Morgan fingerprint density at radius 1 is 1.17 bits per heavy atom. The van der Waals surface area contributed by atoms with Gasteiger partial charge in [-0.2, -0.15) is 0 Å². The van der Waals surface area contributed by atoms with E-state index in [1.54, 1.807) is 30.3 Å². The standard InChI is InChI=1S/C21H30N4O2S.HI/c1-17(15-27-16-18-8-5-4-6-9-18)12-22-21(24-14-20(26)25(2)3)23-13-19-10-7-11-28-19;/h4-11,17H,12-16H2,1-3H3,(H2,22,23,24);1H. The first kappa shape index (κ1) is 25.4. The van der Waals surface area contributed by atoms with Gasteiger partial charge in [-0.1, -0.05) is 43.3 Å². The number of guanidine groups is 1. The largest absolute Gasteiger partial charge is 0.376 e. The van der Waals surface area contributed by atoms with Crippen LogP contribution >= 0.6 is 35.3 Å². The zero-order valence-corrected chi connectivity index (χ0v) is 20.4. The van der Waals surface area contributed by atoms with E-state index in [4.69, 9.17) is 4.74 Å². The summed E-state index contributed by atoms with van der Waals surface area (Å²) < 4.78 is 5.80. The lowest BCUT2D eigenvalue weighted by atomic mass is 10.2. The van der Waals surface area contributed by atoms with Crippen molar-refractivity contribution in [1.82, 2.24) is 15.5 Å². The molecule has 0 saturated heterocycles. The molecule has 0 aliphatic carbocycles. The predicted molar refractivity (Wildman–Crippen MR) is 131 cm³/mol. The highest BCUT2D eigenvalue weighted by Gasteiger charge is 2.08. The van der Waals surface area contributed by atoms with Gasteiger partial charge >= 0.3 is 0 Å². The van der Waals surface area contributed by atoms with Crippen LogP contribution in [0.2, 0.25) is 0 Å². The molecule has 2 aromatic rings. The van der Waals surface area contributed by atoms with Crippen LogP contribution in [0.4, 0.5) is 0 Å². The SMILES string of the molecule is CC(CNC(=NCC(=O)N(C)C)NCc1cccs1)COCc1ccccc1.I. The lowest BCUT2D eigenvalue weighted by molar-refractivity contribution is -0.127. The van der Waals surface area contributed by atoms with Crippen LogP contribution in [0.1, 0.15) is 17.4 Å². The van der Waals surface area contributed by atoms with Crippen molar-refractivity contribution in [1.29, 1.82) is 0 Å². The van der Waals surface area contributed by atoms with Gasteiger partial charge in [-0.25, -0.2) is 4.99 Å². The minimum atomic E-state index is -0.0310. The normalized spacial score (nSPS) is 12.0. The molecule has 1 aromatic carbocycles. The van der Waals surface area contributed by atoms with Gasteiger partial charge in [-0.05, 0) is 22.9 Å². The van der Waals surface area contributed by atoms with Gasteiger partial charge in [-0.15, -0.1) is 35.3 Å². The quantitative estimate of drug-likeness (QED) is 0.281. The number of carbonyl (C=O) groups excluding carboxylic acids is 1. The molecule has 0 radical (unpaired) electrons. The summed E-state index contributed by atoms with van der Waals surface area (Å²) in [4.78, 5) is 19.0. The van der Waals surface area contributed by atoms with Gasteiger partial charge < -0.3 is 20.3 Å². The Balaban J connectivity index is 0.00000420. The number of aliphatic imine (C=N–C) groups is 1. The van der Waals surface area contributed by atoms with Gasteiger partial charge in [0.15, 0.2) is 5.96 Å². The number of likely N-dealkylation sites (N-methyl/N-ethyl adjacent to an activating group) is 1. The Morgan fingerprint density at radius 2 is 1.93 bits per heavy atom. The number of benzene rings is 1. The zero-order chi connectivity index (χ0) is 20.2. The highest BCUT2D eigenvalue weighted by atomic mass is 127. The molecule has 0 aliphatic rings. The Morgan fingerprint density at radius 3 is 2.59 bits per heavy atom. The van der Waals surface area contributed by atoms with Gasteiger partial charge in [0.1, 0.15) is 6.54 Å². The summed E-state index contributed by atoms with van der Waals surface area (Å²) >= 11 is 1.69. The maximum absolute atomic E-state index is 11.8. The molecule has 1 unspecified atom stereocenters. The molecule has 0 aliphatic heterocycles. The number of carbonyl (C=O) groups is 1. The Labute approximate surface area is 194 Å². The molecule has 2 N–H and O–H groups in total. The van der Waals surface area contributed by atoms with Crippen LogP contribution in [-0.4, -0.2) is 50.6 Å². The van der Waals surface area contributed by atoms with Crippen molar-refractivity contribution in [2.24, 2.45) is 10.9 Å². The van der Waals surface area contributed by atoms with Crippen molar-refractivity contribution in [3.63, 3.8) is 0 Å². The maximum Gasteiger partial charge on any atom is 0.243 e. The average molecular weight is 530 g/mol. The second-order valence-corrected chi connectivity index (χ2v) is 7.90. The summed E-state index contributed by atoms with van der Waals surface area (Å²) in [6.07, 6.45) is 0. The molecule has 29 heavy (non-hydrogen) atoms. The molecule has 1 amide bonds. The third-order valence-corrected chi connectivity index (χ3v) is 4.89. The van der Waals surface area contributed by atoms with E-state index in [0.717, 1.165) is 0 Å². The van der Waals surface area contributed by atoms with Crippen molar-refractivity contribution in [3.8, 4) is 0 Å². The number of nitrogens with zero attached hydrogens (tertiary/aromatic N) is 2. The molecule has 1 atom stereocenters. The second-order valence-electron chi connectivity index (χ2n) is 6.87. The smallest absolute Gasteiger partial charge is 0.243 e. The molecular formula is C21H31IN4O2S. The molecule has 1 heterocycles. The van der Waals surface area contributed by atoms with E-state index in [9.17, 15) is 4.79 Å². The fraction of sp³-hybridized carbons (Fsp3) is 0.429. The fourth-order valence-corrected chi connectivity index (χ4v) is 2.97. The summed E-state index contributed by atoms with van der Waals surface area (Å²) in [6, 6.07) is 14.2. The van der Waals surface area contributed by atoms with Gasteiger partial charge in [-0.3, -0.25) is 4.79 Å². The maximum atomic E-state index is 11.8. The van der Waals surface area contributed by atoms with E-state index in [2.05, 4.69) is 40.7 Å². The van der Waals surface area contributed by atoms with Crippen LogP contribution in [0.15, 0.2) is 52.8 Å². The third-order valence-electron chi connectivity index (χ3n) is 4.01. The average Bonchev–Trinajstić information content (AvgIpc) is 3.21. The van der Waals surface area contributed by atoms with E-state index in [1.807, 2.05) is 29.6 Å². The Bertz CT molecular complexity index is 724.